The summed E-state index contributed by atoms with van der Waals surface area (Å²) in [5.74, 6) is 0.839. The fourth-order valence-corrected chi connectivity index (χ4v) is 2.68. The zero-order chi connectivity index (χ0) is 13.2. The molecule has 3 aromatic rings. The van der Waals surface area contributed by atoms with Crippen molar-refractivity contribution in [2.24, 2.45) is 0 Å². The van der Waals surface area contributed by atoms with Gasteiger partial charge in [0.2, 0.25) is 4.96 Å². The minimum absolute atomic E-state index is 0.623. The Morgan fingerprint density at radius 3 is 2.74 bits per heavy atom. The third-order valence-electron chi connectivity index (χ3n) is 2.88. The zero-order valence-corrected chi connectivity index (χ0v) is 11.6. The Kier molecular flexibility index (Phi) is 3.27. The topological polar surface area (TPSA) is 52.3 Å². The molecule has 6 heteroatoms. The third-order valence-corrected chi connectivity index (χ3v) is 3.83. The molecule has 0 unspecified atom stereocenters. The van der Waals surface area contributed by atoms with Crippen LogP contribution in [-0.2, 0) is 11.2 Å². The van der Waals surface area contributed by atoms with E-state index in [4.69, 9.17) is 4.74 Å². The molecule has 0 saturated carbocycles. The first-order chi connectivity index (χ1) is 9.28. The van der Waals surface area contributed by atoms with E-state index in [1.165, 1.54) is 5.56 Å². The van der Waals surface area contributed by atoms with Gasteiger partial charge in [-0.3, -0.25) is 0 Å². The lowest BCUT2D eigenvalue weighted by atomic mass is 10.2. The van der Waals surface area contributed by atoms with Crippen molar-refractivity contribution >= 4 is 16.3 Å². The fourth-order valence-electron chi connectivity index (χ4n) is 1.82. The highest BCUT2D eigenvalue weighted by Crippen LogP contribution is 2.25. The molecule has 1 aromatic carbocycles. The highest BCUT2D eigenvalue weighted by Gasteiger charge is 2.12. The maximum atomic E-state index is 5.06. The summed E-state index contributed by atoms with van der Waals surface area (Å²) >= 11 is 1.55. The Labute approximate surface area is 114 Å². The van der Waals surface area contributed by atoms with Crippen molar-refractivity contribution in [1.82, 2.24) is 19.8 Å². The summed E-state index contributed by atoms with van der Waals surface area (Å²) < 4.78 is 6.87. The number of hydrogen-bond donors (Lipinski definition) is 0. The van der Waals surface area contributed by atoms with Crippen LogP contribution in [0.4, 0.5) is 0 Å². The third kappa shape index (κ3) is 2.36. The molecule has 0 radical (unpaired) electrons. The lowest BCUT2D eigenvalue weighted by Crippen LogP contribution is -2.01. The van der Waals surface area contributed by atoms with Crippen molar-refractivity contribution in [2.45, 2.75) is 13.3 Å². The minimum atomic E-state index is 0.623. The van der Waals surface area contributed by atoms with Gasteiger partial charge in [0.05, 0.1) is 6.61 Å². The number of methoxy groups -OCH3 is 1. The molecule has 0 fully saturated rings. The average molecular weight is 274 g/mol. The van der Waals surface area contributed by atoms with E-state index in [0.717, 1.165) is 27.8 Å². The summed E-state index contributed by atoms with van der Waals surface area (Å²) in [5, 5.41) is 13.8. The van der Waals surface area contributed by atoms with Gasteiger partial charge in [-0.25, -0.2) is 0 Å². The monoisotopic (exact) mass is 274 g/mol. The number of hydrogen-bond acceptors (Lipinski definition) is 5. The molecule has 0 aliphatic rings. The van der Waals surface area contributed by atoms with Crippen LogP contribution >= 0.6 is 11.3 Å². The Morgan fingerprint density at radius 2 is 2.00 bits per heavy atom. The van der Waals surface area contributed by atoms with E-state index < -0.39 is 0 Å². The van der Waals surface area contributed by atoms with Crippen molar-refractivity contribution < 1.29 is 4.74 Å². The summed E-state index contributed by atoms with van der Waals surface area (Å²) in [6.45, 7) is 2.70. The van der Waals surface area contributed by atoms with Crippen LogP contribution in [0.15, 0.2) is 24.3 Å². The van der Waals surface area contributed by atoms with Crippen LogP contribution < -0.4 is 0 Å². The second kappa shape index (κ2) is 5.07. The van der Waals surface area contributed by atoms with Crippen molar-refractivity contribution in [2.75, 3.05) is 13.7 Å². The summed E-state index contributed by atoms with van der Waals surface area (Å²) in [4.78, 5) is 0.821. The molecule has 0 N–H and O–H groups in total. The van der Waals surface area contributed by atoms with Gasteiger partial charge in [0.25, 0.3) is 0 Å². The van der Waals surface area contributed by atoms with Gasteiger partial charge < -0.3 is 4.74 Å². The molecule has 3 rings (SSSR count). The van der Waals surface area contributed by atoms with Crippen LogP contribution in [0.5, 0.6) is 0 Å². The van der Waals surface area contributed by atoms with E-state index in [2.05, 4.69) is 46.5 Å². The number of nitrogens with zero attached hydrogens (tertiary/aromatic N) is 4. The summed E-state index contributed by atoms with van der Waals surface area (Å²) in [6.07, 6.45) is 0.717. The Bertz CT molecular complexity index is 686. The summed E-state index contributed by atoms with van der Waals surface area (Å²) in [5.41, 5.74) is 2.35. The first kappa shape index (κ1) is 12.3. The molecule has 0 amide bonds. The predicted molar refractivity (Wildman–Crippen MR) is 74.4 cm³/mol. The Balaban J connectivity index is 1.97. The number of fused-ring (bicyclic) bond motifs is 1. The highest BCUT2D eigenvalue weighted by atomic mass is 32.1. The molecular formula is C13H14N4OS. The fraction of sp³-hybridized carbons (Fsp3) is 0.308. The number of aryl methyl sites for hydroxylation is 1. The van der Waals surface area contributed by atoms with Crippen LogP contribution in [0, 0.1) is 6.92 Å². The molecule has 98 valence electrons. The minimum Gasteiger partial charge on any atom is -0.384 e. The van der Waals surface area contributed by atoms with E-state index in [9.17, 15) is 0 Å². The molecule has 0 spiro atoms. The maximum absolute atomic E-state index is 5.06. The SMILES string of the molecule is COCCc1nnc2sc(-c3ccc(C)cc3)nn12. The van der Waals surface area contributed by atoms with Gasteiger partial charge in [-0.15, -0.1) is 10.2 Å². The maximum Gasteiger partial charge on any atom is 0.234 e. The smallest absolute Gasteiger partial charge is 0.234 e. The molecule has 0 atom stereocenters. The van der Waals surface area contributed by atoms with Crippen molar-refractivity contribution in [3.05, 3.63) is 35.7 Å². The van der Waals surface area contributed by atoms with Gasteiger partial charge in [0.1, 0.15) is 5.01 Å². The lowest BCUT2D eigenvalue weighted by molar-refractivity contribution is 0.200. The van der Waals surface area contributed by atoms with E-state index >= 15 is 0 Å². The first-order valence-electron chi connectivity index (χ1n) is 6.05. The standard InChI is InChI=1S/C13H14N4OS/c1-9-3-5-10(6-4-9)12-16-17-11(7-8-18-2)14-15-13(17)19-12/h3-6H,7-8H2,1-2H3. The molecule has 5 nitrogen and oxygen atoms in total. The van der Waals surface area contributed by atoms with Gasteiger partial charge in [0.15, 0.2) is 5.82 Å². The Hall–Kier alpha value is -1.79. The summed E-state index contributed by atoms with van der Waals surface area (Å²) in [7, 11) is 1.68. The molecule has 0 saturated heterocycles. The zero-order valence-electron chi connectivity index (χ0n) is 10.8. The van der Waals surface area contributed by atoms with Gasteiger partial charge >= 0.3 is 0 Å². The molecule has 19 heavy (non-hydrogen) atoms. The second-order valence-corrected chi connectivity index (χ2v) is 5.28. The van der Waals surface area contributed by atoms with E-state index in [1.54, 1.807) is 23.0 Å². The van der Waals surface area contributed by atoms with Gasteiger partial charge in [0, 0.05) is 19.1 Å². The molecule has 2 heterocycles. The van der Waals surface area contributed by atoms with Gasteiger partial charge in [-0.05, 0) is 6.92 Å². The number of aromatic nitrogens is 4. The number of rotatable bonds is 4. The van der Waals surface area contributed by atoms with Crippen molar-refractivity contribution in [1.29, 1.82) is 0 Å². The molecular weight excluding hydrogens is 260 g/mol. The van der Waals surface area contributed by atoms with E-state index in [1.807, 2.05) is 0 Å². The molecule has 0 aliphatic carbocycles. The largest absolute Gasteiger partial charge is 0.384 e. The molecule has 2 aromatic heterocycles. The second-order valence-electron chi connectivity index (χ2n) is 4.33. The molecule has 0 aliphatic heterocycles. The van der Waals surface area contributed by atoms with Gasteiger partial charge in [-0.2, -0.15) is 9.61 Å². The van der Waals surface area contributed by atoms with Crippen molar-refractivity contribution in [3.8, 4) is 10.6 Å². The number of benzene rings is 1. The number of ether oxygens (including phenoxy) is 1. The van der Waals surface area contributed by atoms with E-state index in [0.29, 0.717) is 6.61 Å². The van der Waals surface area contributed by atoms with Crippen LogP contribution in [0.2, 0.25) is 0 Å². The highest BCUT2D eigenvalue weighted by molar-refractivity contribution is 7.19. The molecule has 0 bridgehead atoms. The lowest BCUT2D eigenvalue weighted by Gasteiger charge is -1.97. The van der Waals surface area contributed by atoms with Crippen LogP contribution in [-0.4, -0.2) is 33.5 Å². The van der Waals surface area contributed by atoms with Crippen LogP contribution in [0.25, 0.3) is 15.5 Å². The summed E-state index contributed by atoms with van der Waals surface area (Å²) in [6, 6.07) is 8.33. The van der Waals surface area contributed by atoms with Gasteiger partial charge in [-0.1, -0.05) is 41.2 Å². The van der Waals surface area contributed by atoms with Crippen molar-refractivity contribution in [3.63, 3.8) is 0 Å². The Morgan fingerprint density at radius 1 is 1.21 bits per heavy atom. The normalized spacial score (nSPS) is 11.3. The van der Waals surface area contributed by atoms with E-state index in [-0.39, 0.29) is 0 Å². The van der Waals surface area contributed by atoms with Crippen LogP contribution in [0.3, 0.4) is 0 Å². The average Bonchev–Trinajstić information content (AvgIpc) is 2.98. The van der Waals surface area contributed by atoms with Crippen LogP contribution in [0.1, 0.15) is 11.4 Å². The predicted octanol–water partition coefficient (Wildman–Crippen LogP) is 2.35. The quantitative estimate of drug-likeness (QED) is 0.733. The first-order valence-corrected chi connectivity index (χ1v) is 6.86.